The van der Waals surface area contributed by atoms with E-state index < -0.39 is 23.9 Å². The van der Waals surface area contributed by atoms with Gasteiger partial charge in [0.15, 0.2) is 6.10 Å². The highest BCUT2D eigenvalue weighted by atomic mass is 35.5. The number of nitrogens with two attached hydrogens (primary N) is 1. The van der Waals surface area contributed by atoms with Gasteiger partial charge in [-0.05, 0) is 43.3 Å². The third-order valence-corrected chi connectivity index (χ3v) is 4.08. The molecule has 1 atom stereocenters. The topological polar surface area (TPSA) is 98.5 Å². The normalized spacial score (nSPS) is 11.5. The number of nitrogens with one attached hydrogen (secondary N) is 1. The van der Waals surface area contributed by atoms with Crippen molar-refractivity contribution in [2.45, 2.75) is 13.0 Å². The fourth-order valence-electron chi connectivity index (χ4n) is 1.90. The predicted octanol–water partition coefficient (Wildman–Crippen LogP) is 3.28. The van der Waals surface area contributed by atoms with E-state index in [4.69, 9.17) is 33.7 Å². The van der Waals surface area contributed by atoms with Crippen molar-refractivity contribution >= 4 is 46.7 Å². The van der Waals surface area contributed by atoms with Gasteiger partial charge in [0, 0.05) is 11.3 Å². The number of halogens is 2. The molecule has 130 valence electrons. The van der Waals surface area contributed by atoms with E-state index >= 15 is 0 Å². The molecule has 0 aliphatic carbocycles. The Bertz CT molecular complexity index is 822. The molecule has 0 aliphatic heterocycles. The van der Waals surface area contributed by atoms with Gasteiger partial charge in [0.2, 0.25) is 5.91 Å². The minimum atomic E-state index is -1.07. The van der Waals surface area contributed by atoms with Gasteiger partial charge < -0.3 is 15.8 Å². The Labute approximate surface area is 153 Å². The number of amides is 2. The highest BCUT2D eigenvalue weighted by molar-refractivity contribution is 6.43. The monoisotopic (exact) mass is 380 g/mol. The van der Waals surface area contributed by atoms with Crippen LogP contribution in [0.1, 0.15) is 27.6 Å². The number of carbonyl (C=O) groups excluding carboxylic acids is 3. The summed E-state index contributed by atoms with van der Waals surface area (Å²) in [6.45, 7) is 1.42. The molecule has 2 rings (SSSR count). The molecule has 0 aromatic heterocycles. The van der Waals surface area contributed by atoms with Crippen LogP contribution < -0.4 is 11.1 Å². The minimum Gasteiger partial charge on any atom is -0.449 e. The molecule has 2 aromatic rings. The van der Waals surface area contributed by atoms with Gasteiger partial charge in [-0.25, -0.2) is 4.79 Å². The van der Waals surface area contributed by atoms with Gasteiger partial charge in [0.25, 0.3) is 5.91 Å². The zero-order valence-corrected chi connectivity index (χ0v) is 14.6. The maximum absolute atomic E-state index is 12.1. The molecule has 0 radical (unpaired) electrons. The van der Waals surface area contributed by atoms with Crippen LogP contribution in [-0.2, 0) is 9.53 Å². The van der Waals surface area contributed by atoms with Gasteiger partial charge in [-0.1, -0.05) is 29.3 Å². The lowest BCUT2D eigenvalue weighted by Gasteiger charge is -2.14. The molecule has 3 N–H and O–H groups in total. The number of esters is 1. The molecule has 25 heavy (non-hydrogen) atoms. The van der Waals surface area contributed by atoms with E-state index in [1.807, 2.05) is 0 Å². The largest absolute Gasteiger partial charge is 0.449 e. The zero-order chi connectivity index (χ0) is 18.6. The number of rotatable bonds is 5. The first kappa shape index (κ1) is 18.8. The molecule has 0 aliphatic rings. The van der Waals surface area contributed by atoms with Crippen LogP contribution >= 0.6 is 23.2 Å². The number of carbonyl (C=O) groups is 3. The summed E-state index contributed by atoms with van der Waals surface area (Å²) < 4.78 is 5.10. The minimum absolute atomic E-state index is 0.0591. The molecular formula is C17H14Cl2N2O4. The second-order valence-electron chi connectivity index (χ2n) is 5.08. The molecule has 2 amide bonds. The van der Waals surface area contributed by atoms with E-state index in [0.29, 0.717) is 11.3 Å². The number of benzene rings is 2. The van der Waals surface area contributed by atoms with Crippen LogP contribution in [0.25, 0.3) is 0 Å². The molecule has 0 saturated carbocycles. The van der Waals surface area contributed by atoms with Crippen LogP contribution in [0.15, 0.2) is 42.5 Å². The summed E-state index contributed by atoms with van der Waals surface area (Å²) in [6.07, 6.45) is -1.07. The molecule has 0 unspecified atom stereocenters. The standard InChI is InChI=1S/C17H14Cl2N2O4/c1-9(25-17(24)12-3-2-4-13(18)14(12)19)16(23)21-11-7-5-10(6-8-11)15(20)22/h2-9H,1H3,(H2,20,22)(H,21,23)/t9-/m1/s1. The van der Waals surface area contributed by atoms with Crippen LogP contribution in [0.4, 0.5) is 5.69 Å². The summed E-state index contributed by atoms with van der Waals surface area (Å²) in [7, 11) is 0. The molecule has 2 aromatic carbocycles. The summed E-state index contributed by atoms with van der Waals surface area (Å²) in [5.41, 5.74) is 5.95. The first-order chi connectivity index (χ1) is 11.8. The van der Waals surface area contributed by atoms with E-state index in [2.05, 4.69) is 5.32 Å². The Hall–Kier alpha value is -2.57. The van der Waals surface area contributed by atoms with Gasteiger partial charge >= 0.3 is 5.97 Å². The first-order valence-corrected chi connectivity index (χ1v) is 7.91. The Kier molecular flexibility index (Phi) is 6.01. The predicted molar refractivity (Wildman–Crippen MR) is 94.9 cm³/mol. The maximum atomic E-state index is 12.1. The SMILES string of the molecule is C[C@@H](OC(=O)c1cccc(Cl)c1Cl)C(=O)Nc1ccc(C(N)=O)cc1. The Morgan fingerprint density at radius 1 is 1.08 bits per heavy atom. The van der Waals surface area contributed by atoms with Crippen molar-refractivity contribution in [1.82, 2.24) is 0 Å². The molecule has 8 heteroatoms. The van der Waals surface area contributed by atoms with Crippen molar-refractivity contribution in [1.29, 1.82) is 0 Å². The van der Waals surface area contributed by atoms with Crippen molar-refractivity contribution in [2.75, 3.05) is 5.32 Å². The number of ether oxygens (including phenoxy) is 1. The molecule has 0 fully saturated rings. The maximum Gasteiger partial charge on any atom is 0.340 e. The quantitative estimate of drug-likeness (QED) is 0.777. The van der Waals surface area contributed by atoms with Crippen molar-refractivity contribution < 1.29 is 19.1 Å². The first-order valence-electron chi connectivity index (χ1n) is 7.15. The van der Waals surface area contributed by atoms with Gasteiger partial charge in [-0.2, -0.15) is 0 Å². The lowest BCUT2D eigenvalue weighted by atomic mass is 10.2. The third-order valence-electron chi connectivity index (χ3n) is 3.26. The number of hydrogen-bond donors (Lipinski definition) is 2. The van der Waals surface area contributed by atoms with Gasteiger partial charge in [0.1, 0.15) is 0 Å². The van der Waals surface area contributed by atoms with Gasteiger partial charge in [-0.3, -0.25) is 9.59 Å². The fraction of sp³-hybridized carbons (Fsp3) is 0.118. The van der Waals surface area contributed by atoms with Gasteiger partial charge in [-0.15, -0.1) is 0 Å². The summed E-state index contributed by atoms with van der Waals surface area (Å²) in [4.78, 5) is 35.2. The Morgan fingerprint density at radius 2 is 1.72 bits per heavy atom. The summed E-state index contributed by atoms with van der Waals surface area (Å²) in [5, 5.41) is 2.83. The number of anilines is 1. The van der Waals surface area contributed by atoms with Crippen molar-refractivity contribution in [2.24, 2.45) is 5.73 Å². The molecule has 0 spiro atoms. The smallest absolute Gasteiger partial charge is 0.340 e. The molecule has 0 bridgehead atoms. The Morgan fingerprint density at radius 3 is 2.32 bits per heavy atom. The second-order valence-corrected chi connectivity index (χ2v) is 5.86. The number of primary amides is 1. The second kappa shape index (κ2) is 8.00. The molecule has 6 nitrogen and oxygen atoms in total. The Balaban J connectivity index is 2.01. The third kappa shape index (κ3) is 4.71. The van der Waals surface area contributed by atoms with Crippen LogP contribution in [0.5, 0.6) is 0 Å². The summed E-state index contributed by atoms with van der Waals surface area (Å²) in [6, 6.07) is 10.5. The highest BCUT2D eigenvalue weighted by Crippen LogP contribution is 2.26. The average Bonchev–Trinajstić information content (AvgIpc) is 2.57. The van der Waals surface area contributed by atoms with Gasteiger partial charge in [0.05, 0.1) is 15.6 Å². The molecular weight excluding hydrogens is 367 g/mol. The van der Waals surface area contributed by atoms with Crippen molar-refractivity contribution in [3.63, 3.8) is 0 Å². The molecule has 0 heterocycles. The average molecular weight is 381 g/mol. The van der Waals surface area contributed by atoms with Crippen LogP contribution in [0, 0.1) is 0 Å². The zero-order valence-electron chi connectivity index (χ0n) is 13.1. The van der Waals surface area contributed by atoms with Crippen LogP contribution in [0.2, 0.25) is 10.0 Å². The van der Waals surface area contributed by atoms with Crippen LogP contribution in [-0.4, -0.2) is 23.9 Å². The molecule has 0 saturated heterocycles. The van der Waals surface area contributed by atoms with E-state index in [9.17, 15) is 14.4 Å². The van der Waals surface area contributed by atoms with E-state index in [-0.39, 0.29) is 15.6 Å². The van der Waals surface area contributed by atoms with E-state index in [0.717, 1.165) is 0 Å². The van der Waals surface area contributed by atoms with Crippen LogP contribution in [0.3, 0.4) is 0 Å². The highest BCUT2D eigenvalue weighted by Gasteiger charge is 2.21. The number of hydrogen-bond acceptors (Lipinski definition) is 4. The lowest BCUT2D eigenvalue weighted by Crippen LogP contribution is -2.30. The van der Waals surface area contributed by atoms with E-state index in [1.54, 1.807) is 6.07 Å². The fourth-order valence-corrected chi connectivity index (χ4v) is 2.28. The van der Waals surface area contributed by atoms with Crippen molar-refractivity contribution in [3.8, 4) is 0 Å². The summed E-state index contributed by atoms with van der Waals surface area (Å²) >= 11 is 11.8. The van der Waals surface area contributed by atoms with Crippen molar-refractivity contribution in [3.05, 3.63) is 63.6 Å². The van der Waals surface area contributed by atoms with E-state index in [1.165, 1.54) is 43.3 Å². The lowest BCUT2D eigenvalue weighted by molar-refractivity contribution is -0.123. The summed E-state index contributed by atoms with van der Waals surface area (Å²) in [5.74, 6) is -1.88.